The summed E-state index contributed by atoms with van der Waals surface area (Å²) in [5.74, 6) is 1.57. The van der Waals surface area contributed by atoms with E-state index in [1.807, 2.05) is 6.92 Å². The molecule has 3 N–H and O–H groups in total. The third-order valence-electron chi connectivity index (χ3n) is 3.07. The maximum absolute atomic E-state index is 9.19. The summed E-state index contributed by atoms with van der Waals surface area (Å²) < 4.78 is 6.13. The van der Waals surface area contributed by atoms with Crippen molar-refractivity contribution in [2.45, 2.75) is 38.3 Å². The molecule has 100 valence electrons. The number of H-pyrrole nitrogens is 1. The first-order chi connectivity index (χ1) is 8.72. The lowest BCUT2D eigenvalue weighted by Gasteiger charge is -2.17. The number of ether oxygens (including phenoxy) is 1. The molecule has 1 aromatic rings. The third kappa shape index (κ3) is 3.28. The van der Waals surface area contributed by atoms with Gasteiger partial charge in [-0.15, -0.1) is 0 Å². The number of hydrogen-bond acceptors (Lipinski definition) is 5. The van der Waals surface area contributed by atoms with E-state index in [-0.39, 0.29) is 18.8 Å². The van der Waals surface area contributed by atoms with Crippen molar-refractivity contribution in [2.24, 2.45) is 0 Å². The van der Waals surface area contributed by atoms with E-state index >= 15 is 0 Å². The predicted octanol–water partition coefficient (Wildman–Crippen LogP) is 2.17. The second-order valence-electron chi connectivity index (χ2n) is 4.45. The van der Waals surface area contributed by atoms with Gasteiger partial charge in [-0.05, 0) is 19.3 Å². The fourth-order valence-electron chi connectivity index (χ4n) is 2.00. The van der Waals surface area contributed by atoms with Gasteiger partial charge in [0.25, 0.3) is 0 Å². The van der Waals surface area contributed by atoms with Crippen molar-refractivity contribution in [1.82, 2.24) is 9.97 Å². The standard InChI is InChI=1S/C12H19N3O2S/c1-2-8(7-16)13-10-6-11(18)15-12(14-10)9-4-3-5-17-9/h6,8-9,16H,2-5,7H2,1H3,(H2,13,14,15,18). The van der Waals surface area contributed by atoms with Crippen molar-refractivity contribution in [3.05, 3.63) is 16.5 Å². The maximum atomic E-state index is 9.19. The molecule has 1 aromatic heterocycles. The second kappa shape index (κ2) is 6.26. The number of aliphatic hydroxyl groups excluding tert-OH is 1. The smallest absolute Gasteiger partial charge is 0.138 e. The van der Waals surface area contributed by atoms with Crippen LogP contribution in [0.25, 0.3) is 0 Å². The number of nitrogens with one attached hydrogen (secondary N) is 2. The first-order valence-electron chi connectivity index (χ1n) is 6.33. The lowest BCUT2D eigenvalue weighted by atomic mass is 10.2. The number of aromatic nitrogens is 2. The van der Waals surface area contributed by atoms with E-state index in [0.717, 1.165) is 37.5 Å². The highest BCUT2D eigenvalue weighted by atomic mass is 32.1. The normalized spacial score (nSPS) is 20.9. The number of anilines is 1. The fraction of sp³-hybridized carbons (Fsp3) is 0.667. The van der Waals surface area contributed by atoms with Crippen LogP contribution in [0.2, 0.25) is 0 Å². The van der Waals surface area contributed by atoms with Crippen LogP contribution >= 0.6 is 12.2 Å². The van der Waals surface area contributed by atoms with Crippen molar-refractivity contribution >= 4 is 18.0 Å². The van der Waals surface area contributed by atoms with E-state index in [4.69, 9.17) is 17.0 Å². The Bertz CT molecular complexity index is 439. The van der Waals surface area contributed by atoms with Crippen molar-refractivity contribution in [1.29, 1.82) is 0 Å². The van der Waals surface area contributed by atoms with Gasteiger partial charge in [-0.1, -0.05) is 19.1 Å². The highest BCUT2D eigenvalue weighted by Gasteiger charge is 2.20. The summed E-state index contributed by atoms with van der Waals surface area (Å²) in [5.41, 5.74) is 0. The number of rotatable bonds is 5. The molecule has 1 aliphatic rings. The van der Waals surface area contributed by atoms with E-state index in [0.29, 0.717) is 4.64 Å². The van der Waals surface area contributed by atoms with Crippen LogP contribution in [0.5, 0.6) is 0 Å². The molecule has 0 bridgehead atoms. The zero-order valence-corrected chi connectivity index (χ0v) is 11.3. The molecule has 0 spiro atoms. The Hall–Kier alpha value is -0.980. The van der Waals surface area contributed by atoms with Gasteiger partial charge in [0.1, 0.15) is 22.4 Å². The van der Waals surface area contributed by atoms with Crippen LogP contribution in [0, 0.1) is 4.64 Å². The minimum Gasteiger partial charge on any atom is -0.394 e. The van der Waals surface area contributed by atoms with Crippen LogP contribution in [0.1, 0.15) is 38.1 Å². The Labute approximate surface area is 112 Å². The van der Waals surface area contributed by atoms with Crippen molar-refractivity contribution in [2.75, 3.05) is 18.5 Å². The van der Waals surface area contributed by atoms with Gasteiger partial charge in [-0.2, -0.15) is 0 Å². The molecule has 18 heavy (non-hydrogen) atoms. The minimum atomic E-state index is 0.0163. The van der Waals surface area contributed by atoms with Gasteiger partial charge in [-0.25, -0.2) is 4.98 Å². The summed E-state index contributed by atoms with van der Waals surface area (Å²) in [7, 11) is 0. The van der Waals surface area contributed by atoms with E-state index in [1.54, 1.807) is 6.07 Å². The van der Waals surface area contributed by atoms with E-state index in [1.165, 1.54) is 0 Å². The summed E-state index contributed by atoms with van der Waals surface area (Å²) in [5, 5.41) is 12.4. The fourth-order valence-corrected chi connectivity index (χ4v) is 2.21. The molecule has 0 saturated carbocycles. The zero-order chi connectivity index (χ0) is 13.0. The molecule has 2 unspecified atom stereocenters. The Morgan fingerprint density at radius 3 is 3.17 bits per heavy atom. The summed E-state index contributed by atoms with van der Waals surface area (Å²) in [6.45, 7) is 2.89. The molecule has 1 aliphatic heterocycles. The van der Waals surface area contributed by atoms with Crippen molar-refractivity contribution in [3.63, 3.8) is 0 Å². The Morgan fingerprint density at radius 2 is 2.56 bits per heavy atom. The van der Waals surface area contributed by atoms with Gasteiger partial charge >= 0.3 is 0 Å². The summed E-state index contributed by atoms with van der Waals surface area (Å²) in [4.78, 5) is 7.51. The van der Waals surface area contributed by atoms with Crippen molar-refractivity contribution < 1.29 is 9.84 Å². The highest BCUT2D eigenvalue weighted by Crippen LogP contribution is 2.26. The largest absolute Gasteiger partial charge is 0.394 e. The second-order valence-corrected chi connectivity index (χ2v) is 4.87. The van der Waals surface area contributed by atoms with Gasteiger partial charge in [0, 0.05) is 12.7 Å². The predicted molar refractivity (Wildman–Crippen MR) is 72.1 cm³/mol. The molecule has 6 heteroatoms. The topological polar surface area (TPSA) is 70.2 Å². The number of aromatic amines is 1. The summed E-state index contributed by atoms with van der Waals surface area (Å²) in [6, 6.07) is 1.79. The minimum absolute atomic E-state index is 0.0163. The molecule has 0 aliphatic carbocycles. The van der Waals surface area contributed by atoms with Crippen LogP contribution < -0.4 is 5.32 Å². The lowest BCUT2D eigenvalue weighted by Crippen LogP contribution is -2.23. The lowest BCUT2D eigenvalue weighted by molar-refractivity contribution is 0.105. The molecule has 0 amide bonds. The monoisotopic (exact) mass is 269 g/mol. The Kier molecular flexibility index (Phi) is 4.68. The summed E-state index contributed by atoms with van der Waals surface area (Å²) in [6.07, 6.45) is 2.88. The number of aliphatic hydroxyl groups is 1. The highest BCUT2D eigenvalue weighted by molar-refractivity contribution is 7.71. The molecule has 2 atom stereocenters. The van der Waals surface area contributed by atoms with Gasteiger partial charge in [-0.3, -0.25) is 0 Å². The molecular formula is C12H19N3O2S. The van der Waals surface area contributed by atoms with Crippen LogP contribution in [-0.4, -0.2) is 34.3 Å². The molecule has 0 aromatic carbocycles. The van der Waals surface area contributed by atoms with Crippen LogP contribution in [-0.2, 0) is 4.74 Å². The van der Waals surface area contributed by atoms with E-state index < -0.39 is 0 Å². The average molecular weight is 269 g/mol. The quantitative estimate of drug-likeness (QED) is 0.715. The van der Waals surface area contributed by atoms with E-state index in [2.05, 4.69) is 15.3 Å². The number of hydrogen-bond donors (Lipinski definition) is 3. The Balaban J connectivity index is 2.17. The molecule has 1 saturated heterocycles. The SMILES string of the molecule is CCC(CO)Nc1cc(=S)nc(C2CCCO2)[nH]1. The molecule has 2 rings (SSSR count). The van der Waals surface area contributed by atoms with Crippen LogP contribution in [0.4, 0.5) is 5.82 Å². The average Bonchev–Trinajstić information content (AvgIpc) is 2.89. The number of nitrogens with zero attached hydrogens (tertiary/aromatic N) is 1. The molecule has 5 nitrogen and oxygen atoms in total. The van der Waals surface area contributed by atoms with E-state index in [9.17, 15) is 5.11 Å². The van der Waals surface area contributed by atoms with Crippen molar-refractivity contribution in [3.8, 4) is 0 Å². The first-order valence-corrected chi connectivity index (χ1v) is 6.74. The van der Waals surface area contributed by atoms with Gasteiger partial charge in [0.15, 0.2) is 0 Å². The van der Waals surface area contributed by atoms with Crippen LogP contribution in [0.3, 0.4) is 0 Å². The maximum Gasteiger partial charge on any atom is 0.138 e. The molecule has 1 fully saturated rings. The van der Waals surface area contributed by atoms with Gasteiger partial charge in [0.05, 0.1) is 12.6 Å². The molecular weight excluding hydrogens is 250 g/mol. The third-order valence-corrected chi connectivity index (χ3v) is 3.28. The van der Waals surface area contributed by atoms with Gasteiger partial charge < -0.3 is 20.1 Å². The molecule has 2 heterocycles. The zero-order valence-electron chi connectivity index (χ0n) is 10.5. The summed E-state index contributed by atoms with van der Waals surface area (Å²) >= 11 is 5.16. The van der Waals surface area contributed by atoms with Crippen LogP contribution in [0.15, 0.2) is 6.07 Å². The van der Waals surface area contributed by atoms with Gasteiger partial charge in [0.2, 0.25) is 0 Å². The first kappa shape index (κ1) is 13.5. The Morgan fingerprint density at radius 1 is 1.72 bits per heavy atom. The molecule has 0 radical (unpaired) electrons.